The van der Waals surface area contributed by atoms with Gasteiger partial charge in [0.1, 0.15) is 0 Å². The van der Waals surface area contributed by atoms with Crippen LogP contribution in [0.25, 0.3) is 17.5 Å². The topological polar surface area (TPSA) is 96.2 Å². The third-order valence-electron chi connectivity index (χ3n) is 7.76. The van der Waals surface area contributed by atoms with Crippen molar-refractivity contribution in [2.24, 2.45) is 17.8 Å². The second kappa shape index (κ2) is 8.38. The van der Waals surface area contributed by atoms with Gasteiger partial charge in [-0.1, -0.05) is 30.3 Å². The summed E-state index contributed by atoms with van der Waals surface area (Å²) >= 11 is 0. The van der Waals surface area contributed by atoms with E-state index in [0.29, 0.717) is 23.3 Å². The summed E-state index contributed by atoms with van der Waals surface area (Å²) < 4.78 is 1.70. The molecule has 6 rings (SSSR count). The minimum Gasteiger partial charge on any atom is -0.390 e. The van der Waals surface area contributed by atoms with Gasteiger partial charge in [0.05, 0.1) is 28.6 Å². The number of hydrogen-bond donors (Lipinski definition) is 3. The number of amides is 2. The van der Waals surface area contributed by atoms with Crippen molar-refractivity contribution in [3.63, 3.8) is 0 Å². The minimum absolute atomic E-state index is 0.102. The molecule has 4 bridgehead atoms. The molecule has 0 saturated heterocycles. The van der Waals surface area contributed by atoms with Crippen LogP contribution in [0, 0.1) is 17.8 Å². The molecule has 7 nitrogen and oxygen atoms in total. The smallest absolute Gasteiger partial charge is 0.255 e. The Balaban J connectivity index is 1.43. The lowest BCUT2D eigenvalue weighted by Crippen LogP contribution is -2.61. The highest BCUT2D eigenvalue weighted by molar-refractivity contribution is 6.00. The van der Waals surface area contributed by atoms with Crippen LogP contribution in [0.4, 0.5) is 0 Å². The predicted molar refractivity (Wildman–Crippen MR) is 131 cm³/mol. The molecule has 2 amide bonds. The van der Waals surface area contributed by atoms with Crippen molar-refractivity contribution in [3.05, 3.63) is 48.2 Å². The highest BCUT2D eigenvalue weighted by atomic mass is 16.3. The number of aliphatic hydroxyl groups is 1. The fraction of sp³-hybridized carbons (Fsp3) is 0.519. The number of hydrogen-bond acceptors (Lipinski definition) is 4. The second-order valence-electron chi connectivity index (χ2n) is 11.1. The summed E-state index contributed by atoms with van der Waals surface area (Å²) in [7, 11) is 0. The molecular formula is C27H34N4O3. The first-order valence-corrected chi connectivity index (χ1v) is 12.3. The average Bonchev–Trinajstić information content (AvgIpc) is 3.17. The molecule has 0 aliphatic heterocycles. The molecule has 2 atom stereocenters. The first-order chi connectivity index (χ1) is 16.1. The minimum atomic E-state index is -0.561. The van der Waals surface area contributed by atoms with E-state index >= 15 is 0 Å². The predicted octanol–water partition coefficient (Wildman–Crippen LogP) is 3.60. The maximum Gasteiger partial charge on any atom is 0.255 e. The van der Waals surface area contributed by atoms with Crippen molar-refractivity contribution in [1.82, 2.24) is 20.4 Å². The number of rotatable bonds is 6. The first-order valence-electron chi connectivity index (χ1n) is 12.3. The lowest BCUT2D eigenvalue weighted by atomic mass is 9.52. The molecule has 2 unspecified atom stereocenters. The van der Waals surface area contributed by atoms with E-state index in [0.717, 1.165) is 43.4 Å². The number of carbonyl (C=O) groups excluding carboxylic acids is 2. The molecule has 1 aromatic heterocycles. The number of benzene rings is 1. The highest BCUT2D eigenvalue weighted by Crippen LogP contribution is 2.55. The molecule has 0 spiro atoms. The molecule has 34 heavy (non-hydrogen) atoms. The maximum atomic E-state index is 13.6. The molecule has 3 N–H and O–H groups in total. The molecule has 180 valence electrons. The van der Waals surface area contributed by atoms with E-state index < -0.39 is 11.1 Å². The van der Waals surface area contributed by atoms with Crippen LogP contribution in [0.15, 0.2) is 42.6 Å². The van der Waals surface area contributed by atoms with E-state index in [-0.39, 0.29) is 17.9 Å². The third kappa shape index (κ3) is 4.41. The maximum absolute atomic E-state index is 13.6. The molecule has 4 saturated carbocycles. The molecule has 4 aliphatic rings. The zero-order chi connectivity index (χ0) is 24.1. The Bertz CT molecular complexity index is 1100. The zero-order valence-corrected chi connectivity index (χ0v) is 20.1. The van der Waals surface area contributed by atoms with Gasteiger partial charge in [0.2, 0.25) is 5.91 Å². The van der Waals surface area contributed by atoms with Gasteiger partial charge in [0.25, 0.3) is 5.91 Å². The Morgan fingerprint density at radius 2 is 1.82 bits per heavy atom. The Morgan fingerprint density at radius 3 is 2.44 bits per heavy atom. The van der Waals surface area contributed by atoms with Gasteiger partial charge >= 0.3 is 0 Å². The molecule has 2 aromatic rings. The van der Waals surface area contributed by atoms with Gasteiger partial charge in [0, 0.05) is 24.7 Å². The fourth-order valence-electron chi connectivity index (χ4n) is 6.72. The van der Waals surface area contributed by atoms with Crippen molar-refractivity contribution in [3.8, 4) is 11.3 Å². The monoisotopic (exact) mass is 462 g/mol. The average molecular weight is 463 g/mol. The second-order valence-corrected chi connectivity index (χ2v) is 11.1. The third-order valence-corrected chi connectivity index (χ3v) is 7.76. The molecule has 0 radical (unpaired) electrons. The summed E-state index contributed by atoms with van der Waals surface area (Å²) in [5, 5.41) is 21.6. The molecule has 1 aromatic carbocycles. The van der Waals surface area contributed by atoms with Crippen LogP contribution in [-0.2, 0) is 4.79 Å². The van der Waals surface area contributed by atoms with Gasteiger partial charge < -0.3 is 15.7 Å². The van der Waals surface area contributed by atoms with Crippen molar-refractivity contribution in [1.29, 1.82) is 0 Å². The van der Waals surface area contributed by atoms with Crippen LogP contribution in [0.3, 0.4) is 0 Å². The summed E-state index contributed by atoms with van der Waals surface area (Å²) in [6.07, 6.45) is 9.98. The molecule has 1 heterocycles. The molecular weight excluding hydrogens is 428 g/mol. The van der Waals surface area contributed by atoms with Crippen molar-refractivity contribution < 1.29 is 14.7 Å². The zero-order valence-electron chi connectivity index (χ0n) is 20.1. The Morgan fingerprint density at radius 1 is 1.15 bits per heavy atom. The van der Waals surface area contributed by atoms with E-state index in [9.17, 15) is 14.7 Å². The van der Waals surface area contributed by atoms with Crippen LogP contribution >= 0.6 is 0 Å². The van der Waals surface area contributed by atoms with Crippen LogP contribution in [0.2, 0.25) is 0 Å². The number of aromatic nitrogens is 2. The Hall–Kier alpha value is -2.93. The normalized spacial score (nSPS) is 30.0. The van der Waals surface area contributed by atoms with E-state index in [1.54, 1.807) is 17.1 Å². The van der Waals surface area contributed by atoms with Gasteiger partial charge in [-0.2, -0.15) is 5.10 Å². The van der Waals surface area contributed by atoms with Crippen LogP contribution in [-0.4, -0.2) is 43.9 Å². The Kier molecular flexibility index (Phi) is 5.63. The van der Waals surface area contributed by atoms with Crippen molar-refractivity contribution >= 4 is 18.0 Å². The summed E-state index contributed by atoms with van der Waals surface area (Å²) in [5.41, 5.74) is 1.06. The SMILES string of the molecule is CC(=O)NC(C)(C)/C=C/n1ncc(C(=O)N[C@H]2C3CC4CC2C[C@](O)(C4)C3)c1-c1ccccc1. The van der Waals surface area contributed by atoms with E-state index in [1.165, 1.54) is 6.92 Å². The number of nitrogens with zero attached hydrogens (tertiary/aromatic N) is 2. The lowest BCUT2D eigenvalue weighted by molar-refractivity contribution is -0.136. The lowest BCUT2D eigenvalue weighted by Gasteiger charge is -2.58. The number of nitrogens with one attached hydrogen (secondary N) is 2. The number of carbonyl (C=O) groups is 2. The quantitative estimate of drug-likeness (QED) is 0.611. The summed E-state index contributed by atoms with van der Waals surface area (Å²) in [6.45, 7) is 5.30. The van der Waals surface area contributed by atoms with Crippen LogP contribution in [0.1, 0.15) is 63.2 Å². The highest BCUT2D eigenvalue weighted by Gasteiger charge is 2.55. The van der Waals surface area contributed by atoms with Crippen molar-refractivity contribution in [2.75, 3.05) is 0 Å². The van der Waals surface area contributed by atoms with Gasteiger partial charge in [0.15, 0.2) is 0 Å². The summed E-state index contributed by atoms with van der Waals surface area (Å²) in [5.74, 6) is 1.04. The Labute approximate surface area is 200 Å². The van der Waals surface area contributed by atoms with Crippen LogP contribution < -0.4 is 10.6 Å². The standard InChI is InChI=1S/C27H34N4O3/c1-17(32)30-26(2,3)9-10-31-24(19-7-5-4-6-8-19)22(16-28-31)25(33)29-23-20-11-18-12-21(23)15-27(34,13-18)14-20/h4-10,16,18,20-21,23,34H,11-15H2,1-3H3,(H,29,33)(H,30,32)/b10-9+/t18?,20?,21?,23-,27-. The first kappa shape index (κ1) is 22.8. The van der Waals surface area contributed by atoms with E-state index in [2.05, 4.69) is 15.7 Å². The van der Waals surface area contributed by atoms with Crippen molar-refractivity contribution in [2.45, 2.75) is 70.1 Å². The van der Waals surface area contributed by atoms with E-state index in [4.69, 9.17) is 0 Å². The van der Waals surface area contributed by atoms with Gasteiger partial charge in [-0.25, -0.2) is 4.68 Å². The fourth-order valence-corrected chi connectivity index (χ4v) is 6.72. The van der Waals surface area contributed by atoms with Gasteiger partial charge in [-0.3, -0.25) is 9.59 Å². The molecule has 4 aliphatic carbocycles. The van der Waals surface area contributed by atoms with Gasteiger partial charge in [-0.05, 0) is 69.8 Å². The summed E-state index contributed by atoms with van der Waals surface area (Å²) in [6, 6.07) is 9.87. The van der Waals surface area contributed by atoms with Gasteiger partial charge in [-0.15, -0.1) is 0 Å². The largest absolute Gasteiger partial charge is 0.390 e. The van der Waals surface area contributed by atoms with Crippen LogP contribution in [0.5, 0.6) is 0 Å². The van der Waals surface area contributed by atoms with E-state index in [1.807, 2.05) is 50.3 Å². The molecule has 4 fully saturated rings. The summed E-state index contributed by atoms with van der Waals surface area (Å²) in [4.78, 5) is 25.1. The molecule has 7 heteroatoms.